The molecule has 0 saturated heterocycles. The number of ether oxygens (including phenoxy) is 1. The van der Waals surface area contributed by atoms with Gasteiger partial charge in [0, 0.05) is 5.69 Å². The van der Waals surface area contributed by atoms with E-state index in [4.69, 9.17) is 51.1 Å². The van der Waals surface area contributed by atoms with Crippen molar-refractivity contribution >= 4 is 75.8 Å². The van der Waals surface area contributed by atoms with E-state index >= 15 is 0 Å². The van der Waals surface area contributed by atoms with E-state index in [0.717, 1.165) is 16.0 Å². The first kappa shape index (κ1) is 27.3. The average molecular weight is 560 g/mol. The molecule has 0 spiro atoms. The van der Waals surface area contributed by atoms with E-state index in [1.807, 2.05) is 32.9 Å². The molecule has 0 bridgehead atoms. The summed E-state index contributed by atoms with van der Waals surface area (Å²) in [7, 11) is 0. The van der Waals surface area contributed by atoms with Gasteiger partial charge in [-0.1, -0.05) is 78.3 Å². The number of halogens is 4. The van der Waals surface area contributed by atoms with Gasteiger partial charge in [-0.3, -0.25) is 19.3 Å². The smallest absolute Gasteiger partial charge is 0.329 e. The van der Waals surface area contributed by atoms with Gasteiger partial charge in [0.25, 0.3) is 17.7 Å². The molecular weight excluding hydrogens is 538 g/mol. The van der Waals surface area contributed by atoms with E-state index < -0.39 is 36.3 Å². The van der Waals surface area contributed by atoms with Gasteiger partial charge in [-0.25, -0.2) is 4.79 Å². The van der Waals surface area contributed by atoms with Gasteiger partial charge in [0.1, 0.15) is 6.04 Å². The van der Waals surface area contributed by atoms with E-state index in [-0.39, 0.29) is 37.6 Å². The molecule has 1 aliphatic rings. The van der Waals surface area contributed by atoms with Crippen LogP contribution in [0.25, 0.3) is 0 Å². The van der Waals surface area contributed by atoms with Crippen LogP contribution in [0.2, 0.25) is 20.1 Å². The van der Waals surface area contributed by atoms with Crippen LogP contribution in [0.5, 0.6) is 0 Å². The fourth-order valence-electron chi connectivity index (χ4n) is 3.69. The Morgan fingerprint density at radius 3 is 2.09 bits per heavy atom. The summed E-state index contributed by atoms with van der Waals surface area (Å²) in [4.78, 5) is 52.5. The van der Waals surface area contributed by atoms with Crippen molar-refractivity contribution in [2.75, 3.05) is 11.9 Å². The summed E-state index contributed by atoms with van der Waals surface area (Å²) in [6.07, 6.45) is 1.31. The van der Waals surface area contributed by atoms with Gasteiger partial charge < -0.3 is 10.1 Å². The van der Waals surface area contributed by atoms with Crippen molar-refractivity contribution in [3.8, 4) is 0 Å². The third-order valence-corrected chi connectivity index (χ3v) is 7.36. The number of hydrogen-bond acceptors (Lipinski definition) is 5. The summed E-state index contributed by atoms with van der Waals surface area (Å²) in [5.74, 6) is -3.15. The van der Waals surface area contributed by atoms with Crippen molar-refractivity contribution in [2.45, 2.75) is 46.1 Å². The largest absolute Gasteiger partial charge is 0.454 e. The van der Waals surface area contributed by atoms with Crippen molar-refractivity contribution in [3.63, 3.8) is 0 Å². The van der Waals surface area contributed by atoms with Crippen LogP contribution in [0.15, 0.2) is 18.2 Å². The van der Waals surface area contributed by atoms with Crippen LogP contribution >= 0.6 is 46.4 Å². The Balaban J connectivity index is 1.81. The van der Waals surface area contributed by atoms with Crippen LogP contribution < -0.4 is 5.32 Å². The molecule has 0 aliphatic carbocycles. The Labute approximate surface area is 222 Å². The molecule has 1 N–H and O–H groups in total. The van der Waals surface area contributed by atoms with Gasteiger partial charge in [-0.2, -0.15) is 0 Å². The quantitative estimate of drug-likeness (QED) is 0.178. The third-order valence-electron chi connectivity index (χ3n) is 5.56. The lowest BCUT2D eigenvalue weighted by molar-refractivity contribution is -0.151. The molecule has 1 heterocycles. The molecule has 2 aromatic rings. The average Bonchev–Trinajstić information content (AvgIpc) is 3.08. The molecule has 0 saturated carbocycles. The van der Waals surface area contributed by atoms with E-state index in [1.165, 1.54) is 0 Å². The second-order valence-electron chi connectivity index (χ2n) is 8.12. The number of nitrogens with one attached hydrogen (secondary N) is 1. The predicted molar refractivity (Wildman–Crippen MR) is 136 cm³/mol. The molecule has 186 valence electrons. The molecule has 35 heavy (non-hydrogen) atoms. The van der Waals surface area contributed by atoms with Crippen molar-refractivity contribution < 1.29 is 23.9 Å². The highest BCUT2D eigenvalue weighted by atomic mass is 35.5. The zero-order valence-corrected chi connectivity index (χ0v) is 22.2. The fraction of sp³-hybridized carbons (Fsp3) is 0.333. The number of carbonyl (C=O) groups is 4. The maximum atomic E-state index is 13.2. The standard InChI is InChI=1S/C24H22Cl4N2O5/c1-4-5-6-14(24(34)35-10-15(31)29-13-9-11(2)7-8-12(13)3)30-22(32)16-17(23(30)33)19(26)21(28)20(27)18(16)25/h7-9,14H,4-6,10H2,1-3H3,(H,29,31)/t14-/m0/s1. The van der Waals surface area contributed by atoms with Crippen LogP contribution in [-0.2, 0) is 14.3 Å². The number of esters is 1. The number of unbranched alkanes of at least 4 members (excludes halogenated alkanes) is 1. The van der Waals surface area contributed by atoms with Crippen molar-refractivity contribution in [3.05, 3.63) is 60.5 Å². The van der Waals surface area contributed by atoms with Crippen molar-refractivity contribution in [1.29, 1.82) is 0 Å². The minimum Gasteiger partial charge on any atom is -0.454 e. The first-order chi connectivity index (χ1) is 16.5. The number of anilines is 1. The molecule has 1 atom stereocenters. The monoisotopic (exact) mass is 558 g/mol. The molecule has 2 aromatic carbocycles. The first-order valence-corrected chi connectivity index (χ1v) is 12.3. The maximum Gasteiger partial charge on any atom is 0.329 e. The summed E-state index contributed by atoms with van der Waals surface area (Å²) >= 11 is 24.5. The molecular formula is C24H22Cl4N2O5. The molecule has 3 amide bonds. The van der Waals surface area contributed by atoms with Gasteiger partial charge >= 0.3 is 5.97 Å². The molecule has 7 nitrogen and oxygen atoms in total. The molecule has 0 unspecified atom stereocenters. The van der Waals surface area contributed by atoms with E-state index in [1.54, 1.807) is 6.07 Å². The third kappa shape index (κ3) is 5.43. The maximum absolute atomic E-state index is 13.2. The van der Waals surface area contributed by atoms with Gasteiger partial charge in [0.2, 0.25) is 0 Å². The lowest BCUT2D eigenvalue weighted by atomic mass is 10.1. The number of hydrogen-bond donors (Lipinski definition) is 1. The number of imide groups is 1. The summed E-state index contributed by atoms with van der Waals surface area (Å²) in [6.45, 7) is 5.00. The van der Waals surface area contributed by atoms with Gasteiger partial charge in [0.15, 0.2) is 6.61 Å². The van der Waals surface area contributed by atoms with Gasteiger partial charge in [-0.05, 0) is 37.5 Å². The van der Waals surface area contributed by atoms with Crippen molar-refractivity contribution in [2.24, 2.45) is 0 Å². The Kier molecular flexibility index (Phi) is 8.70. The Bertz CT molecular complexity index is 1180. The molecule has 0 aromatic heterocycles. The number of amides is 3. The number of aryl methyl sites for hydroxylation is 2. The van der Waals surface area contributed by atoms with Gasteiger partial charge in [0.05, 0.1) is 31.2 Å². The van der Waals surface area contributed by atoms with Crippen molar-refractivity contribution in [1.82, 2.24) is 4.90 Å². The van der Waals surface area contributed by atoms with E-state index in [2.05, 4.69) is 5.32 Å². The van der Waals surface area contributed by atoms with E-state index in [0.29, 0.717) is 18.5 Å². The molecule has 11 heteroatoms. The SMILES string of the molecule is CCCC[C@@H](C(=O)OCC(=O)Nc1cc(C)ccc1C)N1C(=O)c2c(Cl)c(Cl)c(Cl)c(Cl)c2C1=O. The van der Waals surface area contributed by atoms with Gasteiger partial charge in [-0.15, -0.1) is 0 Å². The summed E-state index contributed by atoms with van der Waals surface area (Å²) in [5, 5.41) is 1.89. The first-order valence-electron chi connectivity index (χ1n) is 10.8. The minimum atomic E-state index is -1.29. The lowest BCUT2D eigenvalue weighted by Crippen LogP contribution is -2.46. The minimum absolute atomic E-state index is 0.121. The van der Waals surface area contributed by atoms with Crippen LogP contribution in [-0.4, -0.2) is 41.2 Å². The highest BCUT2D eigenvalue weighted by Gasteiger charge is 2.47. The number of carbonyl (C=O) groups excluding carboxylic acids is 4. The second kappa shape index (κ2) is 11.2. The highest BCUT2D eigenvalue weighted by molar-refractivity contribution is 6.55. The second-order valence-corrected chi connectivity index (χ2v) is 9.63. The normalized spacial score (nSPS) is 13.6. The van der Waals surface area contributed by atoms with E-state index in [9.17, 15) is 19.2 Å². The number of nitrogens with zero attached hydrogens (tertiary/aromatic N) is 1. The molecule has 0 radical (unpaired) electrons. The molecule has 0 fully saturated rings. The summed E-state index contributed by atoms with van der Waals surface area (Å²) < 4.78 is 5.21. The molecule has 3 rings (SSSR count). The van der Waals surface area contributed by atoms with Crippen LogP contribution in [0.3, 0.4) is 0 Å². The number of fused-ring (bicyclic) bond motifs is 1. The topological polar surface area (TPSA) is 92.8 Å². The summed E-state index contributed by atoms with van der Waals surface area (Å²) in [5.41, 5.74) is 1.93. The zero-order valence-electron chi connectivity index (χ0n) is 19.1. The lowest BCUT2D eigenvalue weighted by Gasteiger charge is -2.24. The Hall–Kier alpha value is -2.32. The highest BCUT2D eigenvalue weighted by Crippen LogP contribution is 2.45. The van der Waals surface area contributed by atoms with Crippen LogP contribution in [0.4, 0.5) is 5.69 Å². The number of rotatable bonds is 8. The molecule has 1 aliphatic heterocycles. The Morgan fingerprint density at radius 2 is 1.54 bits per heavy atom. The summed E-state index contributed by atoms with van der Waals surface area (Å²) in [6, 6.07) is 4.27. The number of benzene rings is 2. The van der Waals surface area contributed by atoms with Crippen LogP contribution in [0.1, 0.15) is 58.0 Å². The Morgan fingerprint density at radius 1 is 0.971 bits per heavy atom. The van der Waals surface area contributed by atoms with Crippen LogP contribution in [0, 0.1) is 13.8 Å². The fourth-order valence-corrected chi connectivity index (χ4v) is 4.70. The predicted octanol–water partition coefficient (Wildman–Crippen LogP) is 6.25. The zero-order chi connectivity index (χ0) is 26.0.